The molecule has 0 aromatic heterocycles. The molecule has 0 spiro atoms. The molecule has 2 aromatic carbocycles. The largest absolute Gasteiger partial charge is 0.429 e. The first-order valence-corrected chi connectivity index (χ1v) is 8.72. The molecule has 1 aliphatic rings. The van der Waals surface area contributed by atoms with Crippen LogP contribution in [-0.2, 0) is 0 Å². The number of anilines is 1. The van der Waals surface area contributed by atoms with Crippen LogP contribution < -0.4 is 5.32 Å². The van der Waals surface area contributed by atoms with E-state index >= 15 is 0 Å². The van der Waals surface area contributed by atoms with Gasteiger partial charge in [-0.1, -0.05) is 6.07 Å². The molecule has 0 radical (unpaired) electrons. The van der Waals surface area contributed by atoms with Crippen molar-refractivity contribution in [2.75, 3.05) is 5.32 Å². The summed E-state index contributed by atoms with van der Waals surface area (Å²) in [4.78, 5) is 16.4. The molecular weight excluding hydrogens is 393 g/mol. The second-order valence-corrected chi connectivity index (χ2v) is 6.63. The minimum atomic E-state index is -4.69. The van der Waals surface area contributed by atoms with Crippen LogP contribution in [0.15, 0.2) is 47.5 Å². The third kappa shape index (κ3) is 5.24. The highest BCUT2D eigenvalue weighted by atomic mass is 19.4. The first-order chi connectivity index (χ1) is 13.6. The zero-order valence-corrected chi connectivity index (χ0v) is 15.0. The number of hydrogen-bond donors (Lipinski definition) is 2. The van der Waals surface area contributed by atoms with E-state index in [0.717, 1.165) is 25.0 Å². The van der Waals surface area contributed by atoms with Gasteiger partial charge in [-0.3, -0.25) is 9.79 Å². The predicted molar refractivity (Wildman–Crippen MR) is 99.0 cm³/mol. The van der Waals surface area contributed by atoms with Crippen molar-refractivity contribution in [1.29, 1.82) is 5.41 Å². The van der Waals surface area contributed by atoms with Crippen LogP contribution in [0.2, 0.25) is 0 Å². The lowest BCUT2D eigenvalue weighted by Crippen LogP contribution is -2.25. The van der Waals surface area contributed by atoms with E-state index in [4.69, 9.17) is 5.41 Å². The van der Waals surface area contributed by atoms with Crippen LogP contribution in [0, 0.1) is 23.0 Å². The molecule has 1 amide bonds. The second-order valence-electron chi connectivity index (χ2n) is 6.63. The molecule has 0 aliphatic heterocycles. The Balaban J connectivity index is 1.74. The van der Waals surface area contributed by atoms with E-state index in [1.54, 1.807) is 0 Å². The van der Waals surface area contributed by atoms with Crippen molar-refractivity contribution in [2.45, 2.75) is 25.4 Å². The monoisotopic (exact) mass is 409 g/mol. The number of alkyl halides is 3. The highest BCUT2D eigenvalue weighted by Gasteiger charge is 2.37. The fourth-order valence-electron chi connectivity index (χ4n) is 2.63. The Morgan fingerprint density at radius 3 is 2.17 bits per heavy atom. The molecule has 3 rings (SSSR count). The van der Waals surface area contributed by atoms with E-state index in [2.05, 4.69) is 10.3 Å². The maximum Gasteiger partial charge on any atom is 0.429 e. The maximum absolute atomic E-state index is 13.6. The molecule has 0 atom stereocenters. The highest BCUT2D eigenvalue weighted by Crippen LogP contribution is 2.35. The molecule has 152 valence electrons. The Kier molecular flexibility index (Phi) is 5.76. The van der Waals surface area contributed by atoms with Crippen molar-refractivity contribution < 1.29 is 26.7 Å². The number of para-hydroxylation sites is 1. The third-order valence-electron chi connectivity index (χ3n) is 4.35. The number of nitrogens with zero attached hydrogens (tertiary/aromatic N) is 1. The van der Waals surface area contributed by atoms with Crippen LogP contribution in [0.25, 0.3) is 0 Å². The maximum atomic E-state index is 13.6. The van der Waals surface area contributed by atoms with Crippen LogP contribution >= 0.6 is 0 Å². The molecule has 1 fully saturated rings. The summed E-state index contributed by atoms with van der Waals surface area (Å²) in [5.41, 5.74) is -1.22. The summed E-state index contributed by atoms with van der Waals surface area (Å²) in [6, 6.07) is 8.74. The van der Waals surface area contributed by atoms with Gasteiger partial charge in [0.05, 0.1) is 5.69 Å². The fourth-order valence-corrected chi connectivity index (χ4v) is 2.63. The van der Waals surface area contributed by atoms with Gasteiger partial charge >= 0.3 is 6.18 Å². The Hall–Kier alpha value is -3.10. The van der Waals surface area contributed by atoms with E-state index in [1.165, 1.54) is 30.3 Å². The minimum absolute atomic E-state index is 0.0790. The van der Waals surface area contributed by atoms with E-state index in [0.29, 0.717) is 5.69 Å². The lowest BCUT2D eigenvalue weighted by atomic mass is 10.1. The van der Waals surface area contributed by atoms with Gasteiger partial charge in [0.15, 0.2) is 0 Å². The van der Waals surface area contributed by atoms with Crippen molar-refractivity contribution in [1.82, 2.24) is 0 Å². The number of aliphatic imine (C=N–C) groups is 1. The molecule has 9 heteroatoms. The Labute approximate surface area is 163 Å². The number of carbonyl (C=O) groups excluding carboxylic acids is 1. The summed E-state index contributed by atoms with van der Waals surface area (Å²) < 4.78 is 65.2. The van der Waals surface area contributed by atoms with E-state index in [-0.39, 0.29) is 17.2 Å². The molecule has 1 saturated carbocycles. The second kappa shape index (κ2) is 8.10. The highest BCUT2D eigenvalue weighted by molar-refractivity contribution is 6.08. The number of halogens is 5. The van der Waals surface area contributed by atoms with Crippen LogP contribution in [0.1, 0.15) is 29.6 Å². The number of nitrogens with one attached hydrogen (secondary N) is 2. The van der Waals surface area contributed by atoms with E-state index < -0.39 is 41.5 Å². The summed E-state index contributed by atoms with van der Waals surface area (Å²) in [6.07, 6.45) is -3.83. The topological polar surface area (TPSA) is 65.3 Å². The fraction of sp³-hybridized carbons (Fsp3) is 0.250. The molecule has 29 heavy (non-hydrogen) atoms. The van der Waals surface area contributed by atoms with Gasteiger partial charge in [0.25, 0.3) is 5.91 Å². The van der Waals surface area contributed by atoms with Crippen LogP contribution in [0.5, 0.6) is 0 Å². The summed E-state index contributed by atoms with van der Waals surface area (Å²) in [6.45, 7) is 0. The van der Waals surface area contributed by atoms with Gasteiger partial charge in [0.2, 0.25) is 0 Å². The molecule has 2 aromatic rings. The SMILES string of the molecule is N=C(CC(=Nc1ccc(C(=O)Nc2c(F)cccc2F)cc1)C1CC1)C(F)(F)F. The predicted octanol–water partition coefficient (Wildman–Crippen LogP) is 5.67. The van der Waals surface area contributed by atoms with Crippen molar-refractivity contribution in [3.05, 3.63) is 59.7 Å². The third-order valence-corrected chi connectivity index (χ3v) is 4.35. The van der Waals surface area contributed by atoms with Gasteiger partial charge in [0, 0.05) is 17.7 Å². The average molecular weight is 409 g/mol. The van der Waals surface area contributed by atoms with Gasteiger partial charge in [-0.2, -0.15) is 13.2 Å². The lowest BCUT2D eigenvalue weighted by Gasteiger charge is -2.10. The lowest BCUT2D eigenvalue weighted by molar-refractivity contribution is -0.0605. The quantitative estimate of drug-likeness (QED) is 0.468. The van der Waals surface area contributed by atoms with Gasteiger partial charge in [-0.05, 0) is 55.2 Å². The van der Waals surface area contributed by atoms with Crippen LogP contribution in [0.3, 0.4) is 0 Å². The molecule has 0 heterocycles. The molecule has 0 bridgehead atoms. The van der Waals surface area contributed by atoms with E-state index in [1.807, 2.05) is 0 Å². The molecule has 2 N–H and O–H groups in total. The number of amides is 1. The smallest absolute Gasteiger partial charge is 0.317 e. The van der Waals surface area contributed by atoms with Crippen LogP contribution in [0.4, 0.5) is 33.3 Å². The zero-order valence-electron chi connectivity index (χ0n) is 15.0. The summed E-state index contributed by atoms with van der Waals surface area (Å²) in [5, 5.41) is 9.32. The van der Waals surface area contributed by atoms with Gasteiger partial charge in [-0.15, -0.1) is 0 Å². The normalized spacial score (nSPS) is 14.6. The number of rotatable bonds is 6. The van der Waals surface area contributed by atoms with Crippen molar-refractivity contribution in [3.63, 3.8) is 0 Å². The zero-order chi connectivity index (χ0) is 21.2. The molecule has 1 aliphatic carbocycles. The summed E-state index contributed by atoms with van der Waals surface area (Å²) in [7, 11) is 0. The van der Waals surface area contributed by atoms with Crippen molar-refractivity contribution >= 4 is 28.7 Å². The van der Waals surface area contributed by atoms with E-state index in [9.17, 15) is 26.7 Å². The molecule has 0 unspecified atom stereocenters. The van der Waals surface area contributed by atoms with Gasteiger partial charge < -0.3 is 10.7 Å². The Morgan fingerprint density at radius 1 is 1.07 bits per heavy atom. The summed E-state index contributed by atoms with van der Waals surface area (Å²) in [5.74, 6) is -2.66. The Morgan fingerprint density at radius 2 is 1.66 bits per heavy atom. The first kappa shape index (κ1) is 20.6. The summed E-state index contributed by atoms with van der Waals surface area (Å²) >= 11 is 0. The molecular formula is C20H16F5N3O. The average Bonchev–Trinajstić information content (AvgIpc) is 3.49. The number of carbonyl (C=O) groups is 1. The Bertz CT molecular complexity index is 943. The first-order valence-electron chi connectivity index (χ1n) is 8.72. The number of hydrogen-bond acceptors (Lipinski definition) is 3. The van der Waals surface area contributed by atoms with Crippen LogP contribution in [-0.4, -0.2) is 23.5 Å². The van der Waals surface area contributed by atoms with Crippen molar-refractivity contribution in [3.8, 4) is 0 Å². The number of benzene rings is 2. The molecule has 0 saturated heterocycles. The van der Waals surface area contributed by atoms with Crippen molar-refractivity contribution in [2.24, 2.45) is 10.9 Å². The minimum Gasteiger partial charge on any atom is -0.317 e. The van der Waals surface area contributed by atoms with Gasteiger partial charge in [0.1, 0.15) is 23.0 Å². The van der Waals surface area contributed by atoms with Gasteiger partial charge in [-0.25, -0.2) is 8.78 Å². The molecule has 4 nitrogen and oxygen atoms in total. The standard InChI is InChI=1S/C20H16F5N3O/c21-14-2-1-3-15(22)18(14)28-19(29)12-6-8-13(9-7-12)27-16(11-4-5-11)10-17(26)20(23,24)25/h1-3,6-9,11,26H,4-5,10H2,(H,28,29).